The molecule has 0 aliphatic heterocycles. The fourth-order valence-corrected chi connectivity index (χ4v) is 4.39. The van der Waals surface area contributed by atoms with Crippen LogP contribution in [0.1, 0.15) is 26.3 Å². The van der Waals surface area contributed by atoms with E-state index in [0.29, 0.717) is 21.9 Å². The largest absolute Gasteiger partial charge is 0.277 e. The van der Waals surface area contributed by atoms with Gasteiger partial charge in [0.15, 0.2) is 0 Å². The number of sulfonamides is 1. The predicted molar refractivity (Wildman–Crippen MR) is 120 cm³/mol. The van der Waals surface area contributed by atoms with Crippen LogP contribution in [0.2, 0.25) is 5.02 Å². The first-order valence-corrected chi connectivity index (χ1v) is 11.2. The van der Waals surface area contributed by atoms with E-state index in [1.807, 2.05) is 36.4 Å². The van der Waals surface area contributed by atoms with Gasteiger partial charge < -0.3 is 0 Å². The Morgan fingerprint density at radius 1 is 0.967 bits per heavy atom. The molecule has 1 N–H and O–H groups in total. The third kappa shape index (κ3) is 3.91. The smallest absolute Gasteiger partial charge is 0.261 e. The molecule has 0 aliphatic carbocycles. The van der Waals surface area contributed by atoms with E-state index in [-0.39, 0.29) is 10.3 Å². The van der Waals surface area contributed by atoms with E-state index >= 15 is 0 Å². The van der Waals surface area contributed by atoms with Crippen LogP contribution in [0.15, 0.2) is 71.6 Å². The number of benzene rings is 3. The van der Waals surface area contributed by atoms with Crippen molar-refractivity contribution in [1.29, 1.82) is 0 Å². The summed E-state index contributed by atoms with van der Waals surface area (Å²) in [5.74, 6) is 0. The van der Waals surface area contributed by atoms with Crippen LogP contribution in [0.25, 0.3) is 16.7 Å². The normalized spacial score (nSPS) is 12.3. The molecule has 1 aromatic heterocycles. The molecular formula is C22H21ClN4O2S. The number of hydrogen-bond donors (Lipinski definition) is 1. The number of nitrogens with one attached hydrogen (secondary N) is 1. The van der Waals surface area contributed by atoms with Crippen molar-refractivity contribution in [2.45, 2.75) is 31.1 Å². The molecule has 0 spiro atoms. The fourth-order valence-electron chi connectivity index (χ4n) is 3.15. The molecule has 4 rings (SSSR count). The van der Waals surface area contributed by atoms with Gasteiger partial charge >= 0.3 is 0 Å². The first-order chi connectivity index (χ1) is 14.1. The van der Waals surface area contributed by atoms with Gasteiger partial charge in [-0.25, -0.2) is 13.1 Å². The molecule has 154 valence electrons. The molecule has 3 aromatic carbocycles. The summed E-state index contributed by atoms with van der Waals surface area (Å²) in [7, 11) is -3.81. The molecule has 0 bridgehead atoms. The number of fused-ring (bicyclic) bond motifs is 1. The average molecular weight is 441 g/mol. The highest BCUT2D eigenvalue weighted by atomic mass is 35.5. The Hall–Kier alpha value is -2.90. The van der Waals surface area contributed by atoms with Gasteiger partial charge in [-0.1, -0.05) is 61.9 Å². The third-order valence-electron chi connectivity index (χ3n) is 4.81. The Labute approximate surface area is 180 Å². The molecule has 0 atom stereocenters. The van der Waals surface area contributed by atoms with E-state index in [4.69, 9.17) is 11.6 Å². The molecule has 0 unspecified atom stereocenters. The van der Waals surface area contributed by atoms with E-state index in [1.54, 1.807) is 35.0 Å². The minimum Gasteiger partial charge on any atom is -0.277 e. The number of halogens is 1. The third-order valence-corrected chi connectivity index (χ3v) is 6.43. The number of aromatic nitrogens is 3. The molecule has 8 heteroatoms. The molecule has 0 saturated heterocycles. The number of nitrogens with zero attached hydrogens (tertiary/aromatic N) is 3. The summed E-state index contributed by atoms with van der Waals surface area (Å²) in [4.78, 5) is 0.180. The lowest BCUT2D eigenvalue weighted by Crippen LogP contribution is -2.16. The van der Waals surface area contributed by atoms with Gasteiger partial charge in [-0.3, -0.25) is 4.72 Å². The molecule has 0 fully saturated rings. The van der Waals surface area contributed by atoms with Crippen LogP contribution in [-0.2, 0) is 15.4 Å². The van der Waals surface area contributed by atoms with Gasteiger partial charge in [-0.2, -0.15) is 0 Å². The lowest BCUT2D eigenvalue weighted by atomic mass is 9.87. The van der Waals surface area contributed by atoms with Gasteiger partial charge in [0.1, 0.15) is 5.52 Å². The Balaban J connectivity index is 1.75. The molecule has 6 nitrogen and oxygen atoms in total. The number of para-hydroxylation sites is 1. The number of rotatable bonds is 4. The van der Waals surface area contributed by atoms with Crippen LogP contribution in [0.3, 0.4) is 0 Å². The van der Waals surface area contributed by atoms with Crippen molar-refractivity contribution in [2.24, 2.45) is 0 Å². The highest BCUT2D eigenvalue weighted by Gasteiger charge is 2.20. The van der Waals surface area contributed by atoms with Gasteiger partial charge in [0, 0.05) is 5.02 Å². The minimum absolute atomic E-state index is 0.0623. The van der Waals surface area contributed by atoms with Gasteiger partial charge in [-0.15, -0.1) is 5.10 Å². The highest BCUT2D eigenvalue weighted by Crippen LogP contribution is 2.29. The Morgan fingerprint density at radius 2 is 1.67 bits per heavy atom. The number of hydrogen-bond acceptors (Lipinski definition) is 4. The van der Waals surface area contributed by atoms with Crippen LogP contribution in [-0.4, -0.2) is 23.4 Å². The van der Waals surface area contributed by atoms with Crippen molar-refractivity contribution in [3.63, 3.8) is 0 Å². The Bertz CT molecular complexity index is 1320. The second-order valence-electron chi connectivity index (χ2n) is 8.03. The summed E-state index contributed by atoms with van der Waals surface area (Å²) in [6.45, 7) is 6.24. The van der Waals surface area contributed by atoms with Gasteiger partial charge in [0.25, 0.3) is 10.0 Å². The molecule has 0 amide bonds. The first-order valence-electron chi connectivity index (χ1n) is 9.39. The van der Waals surface area contributed by atoms with E-state index in [9.17, 15) is 8.42 Å². The predicted octanol–water partition coefficient (Wildman–Crippen LogP) is 5.17. The second kappa shape index (κ2) is 7.41. The van der Waals surface area contributed by atoms with E-state index in [0.717, 1.165) is 11.1 Å². The zero-order valence-corrected chi connectivity index (χ0v) is 18.4. The molecule has 1 heterocycles. The maximum atomic E-state index is 13.0. The topological polar surface area (TPSA) is 76.9 Å². The van der Waals surface area contributed by atoms with Crippen LogP contribution >= 0.6 is 11.6 Å². The zero-order chi connectivity index (χ0) is 21.5. The molecule has 30 heavy (non-hydrogen) atoms. The van der Waals surface area contributed by atoms with Crippen LogP contribution in [0.4, 0.5) is 5.69 Å². The van der Waals surface area contributed by atoms with Gasteiger partial charge in [0.05, 0.1) is 21.8 Å². The Kier molecular flexibility index (Phi) is 5.03. The van der Waals surface area contributed by atoms with Crippen molar-refractivity contribution in [3.8, 4) is 5.69 Å². The van der Waals surface area contributed by atoms with Gasteiger partial charge in [-0.05, 0) is 53.4 Å². The zero-order valence-electron chi connectivity index (χ0n) is 16.8. The van der Waals surface area contributed by atoms with Crippen molar-refractivity contribution in [1.82, 2.24) is 15.0 Å². The van der Waals surface area contributed by atoms with Crippen molar-refractivity contribution >= 4 is 38.3 Å². The lowest BCUT2D eigenvalue weighted by molar-refractivity contribution is 0.587. The summed E-state index contributed by atoms with van der Waals surface area (Å²) in [5, 5.41) is 8.79. The summed E-state index contributed by atoms with van der Waals surface area (Å²) >= 11 is 6.19. The maximum absolute atomic E-state index is 13.0. The standard InChI is InChI=1S/C22H21ClN4O2S/c1-22(2,3)15-8-11-17(12-9-15)30(28,29)25-19-13-10-16(23)14-21(19)27-20-7-5-4-6-18(20)24-26-27/h4-14,25H,1-3H3. The first kappa shape index (κ1) is 20.4. The van der Waals surface area contributed by atoms with Crippen molar-refractivity contribution in [3.05, 3.63) is 77.3 Å². The van der Waals surface area contributed by atoms with Crippen molar-refractivity contribution < 1.29 is 8.42 Å². The van der Waals surface area contributed by atoms with Crippen LogP contribution in [0.5, 0.6) is 0 Å². The quantitative estimate of drug-likeness (QED) is 0.474. The fraction of sp³-hybridized carbons (Fsp3) is 0.182. The van der Waals surface area contributed by atoms with Gasteiger partial charge in [0.2, 0.25) is 0 Å². The lowest BCUT2D eigenvalue weighted by Gasteiger charge is -2.19. The Morgan fingerprint density at radius 3 is 2.37 bits per heavy atom. The highest BCUT2D eigenvalue weighted by molar-refractivity contribution is 7.92. The molecule has 0 aliphatic rings. The average Bonchev–Trinajstić information content (AvgIpc) is 3.13. The van der Waals surface area contributed by atoms with E-state index < -0.39 is 10.0 Å². The summed E-state index contributed by atoms with van der Waals surface area (Å²) < 4.78 is 30.3. The summed E-state index contributed by atoms with van der Waals surface area (Å²) in [6, 6.07) is 19.2. The summed E-state index contributed by atoms with van der Waals surface area (Å²) in [5.41, 5.74) is 3.29. The van der Waals surface area contributed by atoms with E-state index in [1.165, 1.54) is 0 Å². The molecule has 4 aromatic rings. The minimum atomic E-state index is -3.81. The molecule has 0 radical (unpaired) electrons. The number of anilines is 1. The second-order valence-corrected chi connectivity index (χ2v) is 10.2. The monoisotopic (exact) mass is 440 g/mol. The summed E-state index contributed by atoms with van der Waals surface area (Å²) in [6.07, 6.45) is 0. The van der Waals surface area contributed by atoms with Crippen molar-refractivity contribution in [2.75, 3.05) is 4.72 Å². The van der Waals surface area contributed by atoms with E-state index in [2.05, 4.69) is 35.8 Å². The molecule has 0 saturated carbocycles. The SMILES string of the molecule is CC(C)(C)c1ccc(S(=O)(=O)Nc2ccc(Cl)cc2-n2nnc3ccccc32)cc1. The van der Waals surface area contributed by atoms with Crippen LogP contribution < -0.4 is 4.72 Å². The van der Waals surface area contributed by atoms with Crippen LogP contribution in [0, 0.1) is 0 Å². The molecular weight excluding hydrogens is 420 g/mol. The maximum Gasteiger partial charge on any atom is 0.261 e.